The average molecular weight is 665 g/mol. The molecule has 4 aromatic rings. The number of esters is 1. The van der Waals surface area contributed by atoms with Crippen LogP contribution in [0.3, 0.4) is 0 Å². The second-order valence-corrected chi connectivity index (χ2v) is 12.4. The molecule has 1 aromatic heterocycles. The van der Waals surface area contributed by atoms with Crippen molar-refractivity contribution in [2.45, 2.75) is 49.8 Å². The van der Waals surface area contributed by atoms with E-state index in [-0.39, 0.29) is 50.0 Å². The summed E-state index contributed by atoms with van der Waals surface area (Å²) in [7, 11) is 1.28. The number of nitrogens with zero attached hydrogens (tertiary/aromatic N) is 2. The van der Waals surface area contributed by atoms with Gasteiger partial charge in [-0.25, -0.2) is 9.78 Å². The molecule has 0 saturated carbocycles. The summed E-state index contributed by atoms with van der Waals surface area (Å²) in [4.78, 5) is 44.9. The van der Waals surface area contributed by atoms with Crippen LogP contribution in [0.25, 0.3) is 16.5 Å². The molecule has 1 saturated heterocycles. The zero-order valence-electron chi connectivity index (χ0n) is 26.2. The van der Waals surface area contributed by atoms with E-state index in [1.54, 1.807) is 12.5 Å². The minimum absolute atomic E-state index is 0. The number of amides is 1. The third kappa shape index (κ3) is 8.17. The fraction of sp³-hybridized carbons (Fsp3) is 0.371. The highest BCUT2D eigenvalue weighted by Gasteiger charge is 2.48. The van der Waals surface area contributed by atoms with Gasteiger partial charge in [0.1, 0.15) is 5.54 Å². The van der Waals surface area contributed by atoms with Gasteiger partial charge in [0.2, 0.25) is 11.6 Å². The summed E-state index contributed by atoms with van der Waals surface area (Å²) in [5.74, 6) is -0.557. The molecule has 11 heteroatoms. The number of benzene rings is 3. The maximum atomic E-state index is 14.1. The van der Waals surface area contributed by atoms with E-state index >= 15 is 0 Å². The van der Waals surface area contributed by atoms with E-state index < -0.39 is 17.2 Å². The summed E-state index contributed by atoms with van der Waals surface area (Å²) >= 11 is 1.53. The molecule has 5 rings (SSSR count). The van der Waals surface area contributed by atoms with Crippen molar-refractivity contribution in [2.24, 2.45) is 0 Å². The Morgan fingerprint density at radius 3 is 2.54 bits per heavy atom. The number of halogens is 1. The van der Waals surface area contributed by atoms with Gasteiger partial charge in [-0.05, 0) is 66.3 Å². The van der Waals surface area contributed by atoms with Gasteiger partial charge < -0.3 is 24.7 Å². The summed E-state index contributed by atoms with van der Waals surface area (Å²) in [6.07, 6.45) is 7.65. The molecular weight excluding hydrogens is 624 g/mol. The number of hydrogen-bond donors (Lipinski definition) is 2. The third-order valence-electron chi connectivity index (χ3n) is 8.41. The van der Waals surface area contributed by atoms with Crippen LogP contribution in [0.1, 0.15) is 36.9 Å². The van der Waals surface area contributed by atoms with Gasteiger partial charge in [0.15, 0.2) is 5.78 Å². The molecule has 0 aliphatic carbocycles. The Hall–Kier alpha value is -3.70. The first kappa shape index (κ1) is 35.2. The van der Waals surface area contributed by atoms with Crippen LogP contribution < -0.4 is 10.6 Å². The van der Waals surface area contributed by atoms with Gasteiger partial charge in [0, 0.05) is 30.4 Å². The van der Waals surface area contributed by atoms with Crippen molar-refractivity contribution in [3.63, 3.8) is 0 Å². The minimum Gasteiger partial charge on any atom is -0.465 e. The average Bonchev–Trinajstić information content (AvgIpc) is 3.76. The maximum Gasteiger partial charge on any atom is 0.359 e. The molecule has 1 aliphatic rings. The molecule has 1 fully saturated rings. The molecule has 2 N–H and O–H groups in total. The lowest BCUT2D eigenvalue weighted by Gasteiger charge is -2.36. The lowest BCUT2D eigenvalue weighted by molar-refractivity contribution is -0.182. The van der Waals surface area contributed by atoms with Crippen molar-refractivity contribution in [1.29, 1.82) is 0 Å². The topological polar surface area (TPSA) is 112 Å². The smallest absolute Gasteiger partial charge is 0.359 e. The first-order valence-corrected chi connectivity index (χ1v) is 16.6. The number of carbonyl (C=O) groups excluding carboxylic acids is 3. The van der Waals surface area contributed by atoms with Crippen LogP contribution >= 0.6 is 24.2 Å². The Bertz CT molecular complexity index is 1630. The lowest BCUT2D eigenvalue weighted by atomic mass is 9.90. The van der Waals surface area contributed by atoms with Crippen molar-refractivity contribution in [3.05, 3.63) is 96.6 Å². The quantitative estimate of drug-likeness (QED) is 0.134. The van der Waals surface area contributed by atoms with Crippen LogP contribution in [0.2, 0.25) is 0 Å². The van der Waals surface area contributed by atoms with Crippen LogP contribution in [0, 0.1) is 0 Å². The van der Waals surface area contributed by atoms with Gasteiger partial charge in [-0.15, -0.1) is 12.4 Å². The van der Waals surface area contributed by atoms with Crippen LogP contribution in [0.15, 0.2) is 85.3 Å². The number of aryl methyl sites for hydroxylation is 1. The van der Waals surface area contributed by atoms with Gasteiger partial charge in [0.05, 0.1) is 26.5 Å². The first-order chi connectivity index (χ1) is 21.9. The number of carbonyl (C=O) groups is 3. The van der Waals surface area contributed by atoms with Gasteiger partial charge in [-0.3, -0.25) is 9.59 Å². The second kappa shape index (κ2) is 16.2. The van der Waals surface area contributed by atoms with Crippen molar-refractivity contribution in [2.75, 3.05) is 32.3 Å². The summed E-state index contributed by atoms with van der Waals surface area (Å²) in [5, 5.41) is 8.46. The summed E-state index contributed by atoms with van der Waals surface area (Å²) < 4.78 is 13.5. The zero-order chi connectivity index (χ0) is 31.7. The van der Waals surface area contributed by atoms with Crippen molar-refractivity contribution in [3.8, 4) is 5.69 Å². The molecule has 0 bridgehead atoms. The minimum atomic E-state index is -1.73. The van der Waals surface area contributed by atoms with Crippen LogP contribution in [0.5, 0.6) is 0 Å². The highest BCUT2D eigenvalue weighted by atomic mass is 35.5. The predicted octanol–water partition coefficient (Wildman–Crippen LogP) is 5.07. The fourth-order valence-electron chi connectivity index (χ4n) is 5.82. The van der Waals surface area contributed by atoms with E-state index in [1.807, 2.05) is 59.4 Å². The number of imidazole rings is 1. The SMILES string of the molecule is COC(=O)[C@](CCSC)(NC(=O)CCc1ccccc1)OC[C@]1(C(=O)Cc2cncn2-c2ccc3ccccc3c2)CCCN1.Cl. The van der Waals surface area contributed by atoms with Crippen molar-refractivity contribution in [1.82, 2.24) is 20.2 Å². The van der Waals surface area contributed by atoms with Crippen LogP contribution in [-0.4, -0.2) is 70.7 Å². The molecule has 1 aliphatic heterocycles. The molecule has 0 unspecified atom stereocenters. The molecule has 244 valence electrons. The van der Waals surface area contributed by atoms with E-state index in [1.165, 1.54) is 18.9 Å². The lowest BCUT2D eigenvalue weighted by Crippen LogP contribution is -2.61. The number of thioether (sulfide) groups is 1. The van der Waals surface area contributed by atoms with Crippen LogP contribution in [-0.2, 0) is 36.7 Å². The Balaban J connectivity index is 0.00000480. The number of aromatic nitrogens is 2. The van der Waals surface area contributed by atoms with E-state index in [9.17, 15) is 14.4 Å². The van der Waals surface area contributed by atoms with Gasteiger partial charge >= 0.3 is 5.97 Å². The monoisotopic (exact) mass is 664 g/mol. The van der Waals surface area contributed by atoms with E-state index in [0.29, 0.717) is 25.1 Å². The Labute approximate surface area is 280 Å². The molecule has 46 heavy (non-hydrogen) atoms. The standard InChI is InChI=1S/C35H40N4O5S.ClH/c1-43-33(42)35(18-20-45-2,38-32(41)16-13-26-9-4-3-5-10-26)44-24-34(17-8-19-37-34)31(40)22-30-23-36-25-39(30)29-15-14-27-11-6-7-12-28(27)21-29;/h3-7,9-12,14-15,21,23,25,37H,8,13,16-20,22,24H2,1-2H3,(H,38,41);1H/t34-,35+;/m0./s1. The number of rotatable bonds is 15. The fourth-order valence-corrected chi connectivity index (χ4v) is 6.32. The van der Waals surface area contributed by atoms with E-state index in [2.05, 4.69) is 39.9 Å². The molecule has 0 radical (unpaired) electrons. The molecule has 0 spiro atoms. The molecule has 3 aromatic carbocycles. The van der Waals surface area contributed by atoms with E-state index in [4.69, 9.17) is 9.47 Å². The molecule has 1 amide bonds. The normalized spacial score (nSPS) is 17.2. The molecule has 2 heterocycles. The molecule has 9 nitrogen and oxygen atoms in total. The predicted molar refractivity (Wildman–Crippen MR) is 184 cm³/mol. The number of hydrogen-bond acceptors (Lipinski definition) is 8. The van der Waals surface area contributed by atoms with Gasteiger partial charge in [-0.2, -0.15) is 11.8 Å². The summed E-state index contributed by atoms with van der Waals surface area (Å²) in [6, 6.07) is 24.0. The summed E-state index contributed by atoms with van der Waals surface area (Å²) in [5.41, 5.74) is -0.0798. The van der Waals surface area contributed by atoms with Crippen molar-refractivity contribution < 1.29 is 23.9 Å². The Kier molecular flexibility index (Phi) is 12.4. The zero-order valence-corrected chi connectivity index (χ0v) is 27.8. The first-order valence-electron chi connectivity index (χ1n) is 15.2. The molecular formula is C35H41ClN4O5S. The van der Waals surface area contributed by atoms with E-state index in [0.717, 1.165) is 34.1 Å². The number of methoxy groups -OCH3 is 1. The number of ketones is 1. The summed E-state index contributed by atoms with van der Waals surface area (Å²) in [6.45, 7) is 0.539. The largest absolute Gasteiger partial charge is 0.465 e. The van der Waals surface area contributed by atoms with Crippen LogP contribution in [0.4, 0.5) is 0 Å². The molecule has 2 atom stereocenters. The number of fused-ring (bicyclic) bond motifs is 1. The number of ether oxygens (including phenoxy) is 2. The Morgan fingerprint density at radius 2 is 1.83 bits per heavy atom. The second-order valence-electron chi connectivity index (χ2n) is 11.4. The maximum absolute atomic E-state index is 14.1. The number of nitrogens with one attached hydrogen (secondary N) is 2. The Morgan fingerprint density at radius 1 is 1.07 bits per heavy atom. The van der Waals surface area contributed by atoms with Gasteiger partial charge in [-0.1, -0.05) is 60.7 Å². The van der Waals surface area contributed by atoms with Crippen molar-refractivity contribution >= 4 is 52.6 Å². The third-order valence-corrected chi connectivity index (χ3v) is 9.02. The highest BCUT2D eigenvalue weighted by Crippen LogP contribution is 2.28. The number of Topliss-reactive ketones (excluding diaryl/α,β-unsaturated/α-hetero) is 1. The van der Waals surface area contributed by atoms with Gasteiger partial charge in [0.25, 0.3) is 0 Å². The highest BCUT2D eigenvalue weighted by molar-refractivity contribution is 7.98.